The van der Waals surface area contributed by atoms with E-state index >= 15 is 0 Å². The smallest absolute Gasteiger partial charge is 0.223 e. The Kier molecular flexibility index (Phi) is 8.16. The first-order valence-electron chi connectivity index (χ1n) is 9.72. The highest BCUT2D eigenvalue weighted by Crippen LogP contribution is 2.22. The summed E-state index contributed by atoms with van der Waals surface area (Å²) >= 11 is 9.18. The van der Waals surface area contributed by atoms with Gasteiger partial charge in [0.15, 0.2) is 0 Å². The van der Waals surface area contributed by atoms with E-state index in [0.717, 1.165) is 10.0 Å². The highest BCUT2D eigenvalue weighted by molar-refractivity contribution is 9.10. The Morgan fingerprint density at radius 3 is 2.37 bits per heavy atom. The fourth-order valence-electron chi connectivity index (χ4n) is 3.30. The number of ether oxygens (including phenoxy) is 1. The Morgan fingerprint density at radius 1 is 1.10 bits per heavy atom. The van der Waals surface area contributed by atoms with Crippen LogP contribution < -0.4 is 10.1 Å². The lowest BCUT2D eigenvalue weighted by atomic mass is 9.97. The molecule has 9 heteroatoms. The molecule has 1 fully saturated rings. The zero-order chi connectivity index (χ0) is 21.6. The number of hydrogen-bond acceptors (Lipinski definition) is 4. The summed E-state index contributed by atoms with van der Waals surface area (Å²) in [7, 11) is -3.40. The molecule has 2 aromatic rings. The van der Waals surface area contributed by atoms with Crippen molar-refractivity contribution < 1.29 is 17.9 Å². The third kappa shape index (κ3) is 6.70. The number of benzene rings is 2. The molecule has 1 aliphatic heterocycles. The van der Waals surface area contributed by atoms with Gasteiger partial charge in [-0.1, -0.05) is 39.7 Å². The molecule has 1 amide bonds. The topological polar surface area (TPSA) is 75.7 Å². The van der Waals surface area contributed by atoms with Crippen molar-refractivity contribution in [3.63, 3.8) is 0 Å². The van der Waals surface area contributed by atoms with Gasteiger partial charge in [0.2, 0.25) is 15.9 Å². The maximum absolute atomic E-state index is 12.7. The summed E-state index contributed by atoms with van der Waals surface area (Å²) in [6.07, 6.45) is 1.03. The molecule has 0 spiro atoms. The second kappa shape index (κ2) is 10.6. The largest absolute Gasteiger partial charge is 0.492 e. The lowest BCUT2D eigenvalue weighted by Gasteiger charge is -2.30. The van der Waals surface area contributed by atoms with Crippen molar-refractivity contribution in [1.82, 2.24) is 9.62 Å². The predicted molar refractivity (Wildman–Crippen MR) is 121 cm³/mol. The average Bonchev–Trinajstić information content (AvgIpc) is 2.74. The number of carbonyl (C=O) groups is 1. The van der Waals surface area contributed by atoms with Crippen LogP contribution in [0.25, 0.3) is 0 Å². The van der Waals surface area contributed by atoms with Crippen LogP contribution in [0.3, 0.4) is 0 Å². The molecule has 0 unspecified atom stereocenters. The summed E-state index contributed by atoms with van der Waals surface area (Å²) in [6.45, 7) is 1.47. The van der Waals surface area contributed by atoms with E-state index in [4.69, 9.17) is 16.3 Å². The zero-order valence-corrected chi connectivity index (χ0v) is 19.5. The lowest BCUT2D eigenvalue weighted by molar-refractivity contribution is -0.126. The van der Waals surface area contributed by atoms with E-state index in [2.05, 4.69) is 21.2 Å². The van der Waals surface area contributed by atoms with Crippen molar-refractivity contribution in [1.29, 1.82) is 0 Å². The van der Waals surface area contributed by atoms with Crippen LogP contribution in [0.4, 0.5) is 0 Å². The maximum atomic E-state index is 12.7. The fraction of sp³-hybridized carbons (Fsp3) is 0.381. The van der Waals surface area contributed by atoms with Crippen molar-refractivity contribution in [3.05, 3.63) is 63.6 Å². The summed E-state index contributed by atoms with van der Waals surface area (Å²) in [5.41, 5.74) is 0.749. The molecule has 1 heterocycles. The number of nitrogens with zero attached hydrogens (tertiary/aromatic N) is 1. The third-order valence-corrected chi connectivity index (χ3v) is 7.59. The molecule has 1 N–H and O–H groups in total. The fourth-order valence-corrected chi connectivity index (χ4v) is 5.25. The second-order valence-corrected chi connectivity index (χ2v) is 10.5. The molecule has 0 bridgehead atoms. The summed E-state index contributed by atoms with van der Waals surface area (Å²) in [6, 6.07) is 14.3. The molecule has 0 aromatic heterocycles. The molecular weight excluding hydrogens is 492 g/mol. The Labute approximate surface area is 190 Å². The number of rotatable bonds is 8. The maximum Gasteiger partial charge on any atom is 0.223 e. The van der Waals surface area contributed by atoms with E-state index in [1.807, 2.05) is 12.1 Å². The standard InChI is InChI=1S/C21H24BrClN2O4S/c22-18-3-1-16(2-4-18)15-30(27,28)25-12-9-17(10-13-25)21(26)24-11-14-29-20-7-5-19(23)6-8-20/h1-8,17H,9-15H2,(H,24,26). The van der Waals surface area contributed by atoms with Crippen molar-refractivity contribution in [2.24, 2.45) is 5.92 Å². The minimum Gasteiger partial charge on any atom is -0.492 e. The van der Waals surface area contributed by atoms with Crippen LogP contribution in [-0.4, -0.2) is 44.9 Å². The molecule has 1 saturated heterocycles. The molecular formula is C21H24BrClN2O4S. The molecule has 1 aliphatic rings. The van der Waals surface area contributed by atoms with Gasteiger partial charge in [0.05, 0.1) is 12.3 Å². The van der Waals surface area contributed by atoms with E-state index in [1.165, 1.54) is 4.31 Å². The van der Waals surface area contributed by atoms with E-state index in [-0.39, 0.29) is 17.6 Å². The van der Waals surface area contributed by atoms with Gasteiger partial charge in [0.25, 0.3) is 0 Å². The lowest BCUT2D eigenvalue weighted by Crippen LogP contribution is -2.43. The second-order valence-electron chi connectivity index (χ2n) is 7.15. The first-order valence-corrected chi connectivity index (χ1v) is 12.5. The molecule has 0 radical (unpaired) electrons. The molecule has 162 valence electrons. The molecule has 30 heavy (non-hydrogen) atoms. The minimum absolute atomic E-state index is 0.0286. The van der Waals surface area contributed by atoms with E-state index < -0.39 is 10.0 Å². The predicted octanol–water partition coefficient (Wildman–Crippen LogP) is 3.84. The van der Waals surface area contributed by atoms with Gasteiger partial charge in [-0.25, -0.2) is 12.7 Å². The van der Waals surface area contributed by atoms with Crippen molar-refractivity contribution >= 4 is 43.5 Å². The van der Waals surface area contributed by atoms with Crippen LogP contribution in [0, 0.1) is 5.92 Å². The van der Waals surface area contributed by atoms with Crippen LogP contribution in [0.15, 0.2) is 53.0 Å². The van der Waals surface area contributed by atoms with Gasteiger partial charge in [0.1, 0.15) is 12.4 Å². The van der Waals surface area contributed by atoms with E-state index in [9.17, 15) is 13.2 Å². The van der Waals surface area contributed by atoms with Crippen molar-refractivity contribution in [3.8, 4) is 5.75 Å². The highest BCUT2D eigenvalue weighted by atomic mass is 79.9. The Hall–Kier alpha value is -1.61. The number of nitrogens with one attached hydrogen (secondary N) is 1. The van der Waals surface area contributed by atoms with Crippen molar-refractivity contribution in [2.45, 2.75) is 18.6 Å². The summed E-state index contributed by atoms with van der Waals surface area (Å²) in [5, 5.41) is 3.51. The number of piperidine rings is 1. The quantitative estimate of drug-likeness (QED) is 0.542. The normalized spacial score (nSPS) is 15.7. The zero-order valence-electron chi connectivity index (χ0n) is 16.4. The van der Waals surface area contributed by atoms with Gasteiger partial charge >= 0.3 is 0 Å². The van der Waals surface area contributed by atoms with Crippen LogP contribution in [0.5, 0.6) is 5.75 Å². The van der Waals surface area contributed by atoms with Gasteiger partial charge in [0, 0.05) is 28.5 Å². The van der Waals surface area contributed by atoms with Crippen LogP contribution >= 0.6 is 27.5 Å². The average molecular weight is 516 g/mol. The van der Waals surface area contributed by atoms with Gasteiger partial charge in [-0.15, -0.1) is 0 Å². The molecule has 6 nitrogen and oxygen atoms in total. The molecule has 0 saturated carbocycles. The first kappa shape index (κ1) is 23.1. The number of carbonyl (C=O) groups excluding carboxylic acids is 1. The van der Waals surface area contributed by atoms with Crippen LogP contribution in [-0.2, 0) is 20.6 Å². The van der Waals surface area contributed by atoms with Crippen LogP contribution in [0.1, 0.15) is 18.4 Å². The van der Waals surface area contributed by atoms with E-state index in [1.54, 1.807) is 36.4 Å². The molecule has 2 aromatic carbocycles. The summed E-state index contributed by atoms with van der Waals surface area (Å²) < 4.78 is 33.3. The van der Waals surface area contributed by atoms with Crippen molar-refractivity contribution in [2.75, 3.05) is 26.2 Å². The SMILES string of the molecule is O=C(NCCOc1ccc(Cl)cc1)C1CCN(S(=O)(=O)Cc2ccc(Br)cc2)CC1. The summed E-state index contributed by atoms with van der Waals surface area (Å²) in [4.78, 5) is 12.4. The Morgan fingerprint density at radius 2 is 1.73 bits per heavy atom. The number of sulfonamides is 1. The minimum atomic E-state index is -3.40. The van der Waals surface area contributed by atoms with Gasteiger partial charge in [-0.3, -0.25) is 4.79 Å². The first-order chi connectivity index (χ1) is 14.3. The number of hydrogen-bond donors (Lipinski definition) is 1. The number of amides is 1. The summed E-state index contributed by atoms with van der Waals surface area (Å²) in [5.74, 6) is 0.427. The Bertz CT molecular complexity index is 944. The molecule has 3 rings (SSSR count). The van der Waals surface area contributed by atoms with Crippen LogP contribution in [0.2, 0.25) is 5.02 Å². The van der Waals surface area contributed by atoms with Gasteiger partial charge in [-0.2, -0.15) is 0 Å². The number of halogens is 2. The monoisotopic (exact) mass is 514 g/mol. The highest BCUT2D eigenvalue weighted by Gasteiger charge is 2.31. The molecule has 0 aliphatic carbocycles. The van der Waals surface area contributed by atoms with E-state index in [0.29, 0.717) is 49.9 Å². The Balaban J connectivity index is 1.40. The molecule has 0 atom stereocenters. The van der Waals surface area contributed by atoms with Gasteiger partial charge in [-0.05, 0) is 54.8 Å². The van der Waals surface area contributed by atoms with Gasteiger partial charge < -0.3 is 10.1 Å². The third-order valence-electron chi connectivity index (χ3n) is 4.96.